The molecule has 124 valence electrons. The van der Waals surface area contributed by atoms with Crippen LogP contribution >= 0.6 is 15.9 Å². The number of carbonyl (C=O) groups excluding carboxylic acids is 2. The van der Waals surface area contributed by atoms with Crippen LogP contribution in [0.4, 0.5) is 10.5 Å². The van der Waals surface area contributed by atoms with E-state index >= 15 is 0 Å². The number of benzene rings is 1. The zero-order valence-corrected chi connectivity index (χ0v) is 15.2. The van der Waals surface area contributed by atoms with Gasteiger partial charge in [0.1, 0.15) is 5.60 Å². The first-order valence-corrected chi connectivity index (χ1v) is 8.51. The van der Waals surface area contributed by atoms with Crippen LogP contribution in [0.5, 0.6) is 0 Å². The quantitative estimate of drug-likeness (QED) is 0.749. The Morgan fingerprint density at radius 1 is 1.17 bits per heavy atom. The van der Waals surface area contributed by atoms with Crippen molar-refractivity contribution in [1.82, 2.24) is 4.90 Å². The number of nitrogens with zero attached hydrogens (tertiary/aromatic N) is 2. The molecule has 2 heterocycles. The van der Waals surface area contributed by atoms with Crippen LogP contribution in [0.3, 0.4) is 0 Å². The van der Waals surface area contributed by atoms with Crippen LogP contribution in [0.25, 0.3) is 0 Å². The van der Waals surface area contributed by atoms with E-state index in [0.717, 1.165) is 10.2 Å². The van der Waals surface area contributed by atoms with Gasteiger partial charge in [-0.25, -0.2) is 4.79 Å². The molecule has 0 saturated carbocycles. The Bertz CT molecular complexity index is 630. The van der Waals surface area contributed by atoms with Gasteiger partial charge in [0.2, 0.25) is 5.91 Å². The highest BCUT2D eigenvalue weighted by atomic mass is 79.9. The van der Waals surface area contributed by atoms with Gasteiger partial charge in [0, 0.05) is 41.6 Å². The smallest absolute Gasteiger partial charge is 0.410 e. The lowest BCUT2D eigenvalue weighted by Crippen LogP contribution is -2.60. The molecule has 0 radical (unpaired) electrons. The first kappa shape index (κ1) is 16.3. The molecule has 2 amide bonds. The summed E-state index contributed by atoms with van der Waals surface area (Å²) in [6.07, 6.45) is 0.195. The molecule has 23 heavy (non-hydrogen) atoms. The molecule has 1 spiro atoms. The van der Waals surface area contributed by atoms with Gasteiger partial charge < -0.3 is 14.5 Å². The molecular formula is C17H21BrN2O3. The second-order valence-electron chi connectivity index (χ2n) is 7.47. The minimum absolute atomic E-state index is 0.121. The molecule has 0 aromatic heterocycles. The number of hydrogen-bond acceptors (Lipinski definition) is 3. The Labute approximate surface area is 144 Å². The molecule has 5 nitrogen and oxygen atoms in total. The molecule has 2 fully saturated rings. The average Bonchev–Trinajstić information content (AvgIpc) is 2.74. The number of halogens is 1. The molecule has 2 aliphatic heterocycles. The number of amides is 2. The maximum absolute atomic E-state index is 12.4. The van der Waals surface area contributed by atoms with E-state index in [4.69, 9.17) is 4.74 Å². The summed E-state index contributed by atoms with van der Waals surface area (Å²) in [5.41, 5.74) is 0.293. The van der Waals surface area contributed by atoms with Crippen molar-refractivity contribution >= 4 is 33.6 Å². The van der Waals surface area contributed by atoms with E-state index in [1.807, 2.05) is 49.9 Å². The van der Waals surface area contributed by atoms with Crippen LogP contribution in [-0.2, 0) is 9.53 Å². The van der Waals surface area contributed by atoms with Crippen molar-refractivity contribution in [2.24, 2.45) is 5.41 Å². The van der Waals surface area contributed by atoms with Gasteiger partial charge in [-0.1, -0.05) is 15.9 Å². The van der Waals surface area contributed by atoms with Gasteiger partial charge in [-0.15, -0.1) is 0 Å². The fourth-order valence-corrected chi connectivity index (χ4v) is 3.45. The van der Waals surface area contributed by atoms with Crippen molar-refractivity contribution in [2.75, 3.05) is 24.5 Å². The third-order valence-corrected chi connectivity index (χ3v) is 4.69. The van der Waals surface area contributed by atoms with Crippen molar-refractivity contribution in [2.45, 2.75) is 32.8 Å². The zero-order valence-electron chi connectivity index (χ0n) is 13.6. The normalized spacial score (nSPS) is 19.9. The van der Waals surface area contributed by atoms with Crippen molar-refractivity contribution in [3.05, 3.63) is 28.7 Å². The predicted octanol–water partition coefficient (Wildman–Crippen LogP) is 3.42. The van der Waals surface area contributed by atoms with E-state index < -0.39 is 5.60 Å². The molecule has 2 saturated heterocycles. The summed E-state index contributed by atoms with van der Waals surface area (Å²) in [6.45, 7) is 7.40. The monoisotopic (exact) mass is 380 g/mol. The third-order valence-electron chi connectivity index (χ3n) is 4.16. The van der Waals surface area contributed by atoms with Crippen molar-refractivity contribution < 1.29 is 14.3 Å². The molecule has 6 heteroatoms. The number of ether oxygens (including phenoxy) is 1. The summed E-state index contributed by atoms with van der Waals surface area (Å²) >= 11 is 3.40. The predicted molar refractivity (Wildman–Crippen MR) is 91.4 cm³/mol. The van der Waals surface area contributed by atoms with Gasteiger partial charge in [0.15, 0.2) is 0 Å². The van der Waals surface area contributed by atoms with Crippen LogP contribution in [0.2, 0.25) is 0 Å². The van der Waals surface area contributed by atoms with E-state index in [-0.39, 0.29) is 17.4 Å². The molecule has 1 aromatic carbocycles. The lowest BCUT2D eigenvalue weighted by atomic mass is 9.79. The molecule has 0 atom stereocenters. The SMILES string of the molecule is CC(C)(C)OC(=O)N1CC2(CC(=O)N(c3ccc(Br)cc3)C2)C1. The summed E-state index contributed by atoms with van der Waals surface area (Å²) in [7, 11) is 0. The van der Waals surface area contributed by atoms with Crippen LogP contribution in [0.15, 0.2) is 28.7 Å². The van der Waals surface area contributed by atoms with E-state index in [9.17, 15) is 9.59 Å². The lowest BCUT2D eigenvalue weighted by Gasteiger charge is -2.47. The molecule has 2 aliphatic rings. The number of carbonyl (C=O) groups is 2. The molecule has 0 bridgehead atoms. The van der Waals surface area contributed by atoms with Crippen LogP contribution in [0.1, 0.15) is 27.2 Å². The number of hydrogen-bond donors (Lipinski definition) is 0. The first-order chi connectivity index (χ1) is 10.7. The van der Waals surface area contributed by atoms with Gasteiger partial charge in [-0.3, -0.25) is 4.79 Å². The highest BCUT2D eigenvalue weighted by Gasteiger charge is 2.53. The Morgan fingerprint density at radius 2 is 1.78 bits per heavy atom. The average molecular weight is 381 g/mol. The molecule has 0 N–H and O–H groups in total. The third kappa shape index (κ3) is 3.37. The molecule has 1 aromatic rings. The van der Waals surface area contributed by atoms with Crippen molar-refractivity contribution in [1.29, 1.82) is 0 Å². The highest BCUT2D eigenvalue weighted by Crippen LogP contribution is 2.42. The zero-order chi connectivity index (χ0) is 16.8. The number of rotatable bonds is 1. The minimum Gasteiger partial charge on any atom is -0.444 e. The maximum Gasteiger partial charge on any atom is 0.410 e. The molecule has 3 rings (SSSR count). The second kappa shape index (κ2) is 5.51. The summed E-state index contributed by atoms with van der Waals surface area (Å²) in [5.74, 6) is 0.121. The topological polar surface area (TPSA) is 49.9 Å². The first-order valence-electron chi connectivity index (χ1n) is 7.71. The standard InChI is InChI=1S/C17H21BrN2O3/c1-16(2,3)23-15(22)19-9-17(10-19)8-14(21)20(11-17)13-6-4-12(18)5-7-13/h4-7H,8-11H2,1-3H3. The fourth-order valence-electron chi connectivity index (χ4n) is 3.18. The number of anilines is 1. The van der Waals surface area contributed by atoms with Gasteiger partial charge in [-0.2, -0.15) is 0 Å². The van der Waals surface area contributed by atoms with Crippen molar-refractivity contribution in [3.8, 4) is 0 Å². The maximum atomic E-state index is 12.4. The fraction of sp³-hybridized carbons (Fsp3) is 0.529. The minimum atomic E-state index is -0.491. The number of likely N-dealkylation sites (tertiary alicyclic amines) is 1. The summed E-state index contributed by atoms with van der Waals surface area (Å²) < 4.78 is 6.37. The van der Waals surface area contributed by atoms with Gasteiger partial charge in [0.05, 0.1) is 0 Å². The summed E-state index contributed by atoms with van der Waals surface area (Å²) in [5, 5.41) is 0. The van der Waals surface area contributed by atoms with Gasteiger partial charge in [-0.05, 0) is 45.0 Å². The van der Waals surface area contributed by atoms with E-state index in [0.29, 0.717) is 26.1 Å². The Kier molecular flexibility index (Phi) is 3.91. The highest BCUT2D eigenvalue weighted by molar-refractivity contribution is 9.10. The van der Waals surface area contributed by atoms with Gasteiger partial charge in [0.25, 0.3) is 0 Å². The summed E-state index contributed by atoms with van der Waals surface area (Å²) in [6, 6.07) is 7.74. The van der Waals surface area contributed by atoms with E-state index in [2.05, 4.69) is 15.9 Å². The van der Waals surface area contributed by atoms with E-state index in [1.165, 1.54) is 0 Å². The molecular weight excluding hydrogens is 360 g/mol. The van der Waals surface area contributed by atoms with E-state index in [1.54, 1.807) is 4.90 Å². The Morgan fingerprint density at radius 3 is 2.35 bits per heavy atom. The van der Waals surface area contributed by atoms with Gasteiger partial charge >= 0.3 is 6.09 Å². The Hall–Kier alpha value is -1.56. The summed E-state index contributed by atoms with van der Waals surface area (Å²) in [4.78, 5) is 27.9. The second-order valence-corrected chi connectivity index (χ2v) is 8.39. The van der Waals surface area contributed by atoms with Crippen molar-refractivity contribution in [3.63, 3.8) is 0 Å². The largest absolute Gasteiger partial charge is 0.444 e. The lowest BCUT2D eigenvalue weighted by molar-refractivity contribution is -0.119. The van der Waals surface area contributed by atoms with Crippen LogP contribution in [-0.4, -0.2) is 42.1 Å². The molecule has 0 unspecified atom stereocenters. The Balaban J connectivity index is 1.63. The molecule has 0 aliphatic carbocycles. The van der Waals surface area contributed by atoms with Crippen LogP contribution in [0, 0.1) is 5.41 Å². The van der Waals surface area contributed by atoms with Crippen LogP contribution < -0.4 is 4.90 Å².